The summed E-state index contributed by atoms with van der Waals surface area (Å²) in [7, 11) is -2.13. The van der Waals surface area contributed by atoms with E-state index in [4.69, 9.17) is 14.0 Å². The van der Waals surface area contributed by atoms with Crippen LogP contribution in [0.25, 0.3) is 0 Å². The van der Waals surface area contributed by atoms with Crippen molar-refractivity contribution in [1.82, 2.24) is 0 Å². The van der Waals surface area contributed by atoms with Crippen LogP contribution >= 0.6 is 7.60 Å². The Labute approximate surface area is 165 Å². The highest BCUT2D eigenvalue weighted by Gasteiger charge is 2.31. The van der Waals surface area contributed by atoms with Gasteiger partial charge in [0.1, 0.15) is 23.7 Å². The maximum absolute atomic E-state index is 12.1. The largest absolute Gasteiger partial charge is 0.507 e. The number of methoxy groups -OCH3 is 1. The van der Waals surface area contributed by atoms with E-state index in [1.165, 1.54) is 7.11 Å². The lowest BCUT2D eigenvalue weighted by atomic mass is 9.95. The number of hydrogen-bond acceptors (Lipinski definition) is 6. The molecule has 28 heavy (non-hydrogen) atoms. The number of phenols is 1. The van der Waals surface area contributed by atoms with Crippen molar-refractivity contribution >= 4 is 13.6 Å². The maximum Gasteiger partial charge on any atom is 0.342 e. The summed E-state index contributed by atoms with van der Waals surface area (Å²) in [5.74, 6) is -0.146. The van der Waals surface area contributed by atoms with E-state index in [1.54, 1.807) is 6.92 Å². The van der Waals surface area contributed by atoms with Crippen molar-refractivity contribution in [2.75, 3.05) is 13.3 Å². The zero-order valence-corrected chi connectivity index (χ0v) is 18.0. The lowest BCUT2D eigenvalue weighted by Crippen LogP contribution is -2.06. The average Bonchev–Trinajstić information content (AvgIpc) is 3.03. The molecule has 0 spiro atoms. The second kappa shape index (κ2) is 9.12. The van der Waals surface area contributed by atoms with Crippen molar-refractivity contribution in [3.63, 3.8) is 0 Å². The molecule has 0 saturated carbocycles. The smallest absolute Gasteiger partial charge is 0.342 e. The van der Waals surface area contributed by atoms with Gasteiger partial charge in [0, 0.05) is 11.1 Å². The summed E-state index contributed by atoms with van der Waals surface area (Å²) >= 11 is 0. The molecule has 1 aromatic carbocycles. The summed E-state index contributed by atoms with van der Waals surface area (Å²) in [5.41, 5.74) is 2.99. The molecule has 2 atom stereocenters. The normalized spacial score (nSPS) is 17.1. The lowest BCUT2D eigenvalue weighted by molar-refractivity contribution is 0.0532. The molecule has 0 aliphatic carbocycles. The fourth-order valence-electron chi connectivity index (χ4n) is 3.13. The van der Waals surface area contributed by atoms with Crippen molar-refractivity contribution < 1.29 is 33.4 Å². The lowest BCUT2D eigenvalue weighted by Gasteiger charge is -2.17. The minimum atomic E-state index is -3.64. The highest BCUT2D eigenvalue weighted by molar-refractivity contribution is 7.52. The highest BCUT2D eigenvalue weighted by Crippen LogP contribution is 2.45. The summed E-state index contributed by atoms with van der Waals surface area (Å²) in [4.78, 5) is 21.9. The van der Waals surface area contributed by atoms with Crippen molar-refractivity contribution in [3.05, 3.63) is 33.9 Å². The van der Waals surface area contributed by atoms with E-state index < -0.39 is 13.6 Å². The molecule has 1 heterocycles. The Morgan fingerprint density at radius 3 is 2.71 bits per heavy atom. The Morgan fingerprint density at radius 1 is 1.43 bits per heavy atom. The van der Waals surface area contributed by atoms with Crippen LogP contribution in [-0.4, -0.2) is 35.3 Å². The molecular formula is C20H29O7P. The third-order valence-electron chi connectivity index (χ3n) is 5.01. The number of esters is 1. The zero-order valence-electron chi connectivity index (χ0n) is 17.1. The van der Waals surface area contributed by atoms with Crippen LogP contribution in [0.1, 0.15) is 60.7 Å². The van der Waals surface area contributed by atoms with Gasteiger partial charge in [0.15, 0.2) is 0 Å². The number of ether oxygens (including phenoxy) is 2. The van der Waals surface area contributed by atoms with Crippen LogP contribution in [0.3, 0.4) is 0 Å². The quantitative estimate of drug-likeness (QED) is 0.355. The molecule has 1 aromatic rings. The number of phenolic OH excluding ortho intramolecular Hbond substituents is 1. The van der Waals surface area contributed by atoms with Crippen LogP contribution in [-0.2, 0) is 26.9 Å². The summed E-state index contributed by atoms with van der Waals surface area (Å²) in [6.45, 7) is 7.46. The first-order chi connectivity index (χ1) is 13.1. The van der Waals surface area contributed by atoms with E-state index in [0.29, 0.717) is 36.1 Å². The van der Waals surface area contributed by atoms with Crippen molar-refractivity contribution in [1.29, 1.82) is 0 Å². The number of carbonyl (C=O) groups excluding carboxylic acids is 1. The van der Waals surface area contributed by atoms with Gasteiger partial charge in [-0.3, -0.25) is 4.57 Å². The predicted molar refractivity (Wildman–Crippen MR) is 106 cm³/mol. The fourth-order valence-corrected chi connectivity index (χ4v) is 4.58. The molecule has 2 unspecified atom stereocenters. The second-order valence-corrected chi connectivity index (χ2v) is 9.04. The molecule has 2 N–H and O–H groups in total. The molecule has 156 valence electrons. The Hall–Kier alpha value is -1.82. The van der Waals surface area contributed by atoms with Crippen molar-refractivity contribution in [3.8, 4) is 11.5 Å². The molecule has 0 aromatic heterocycles. The third-order valence-corrected chi connectivity index (χ3v) is 6.49. The average molecular weight is 412 g/mol. The number of carbonyl (C=O) groups is 1. The van der Waals surface area contributed by atoms with Crippen LogP contribution in [0, 0.1) is 6.92 Å². The maximum atomic E-state index is 12.1. The molecule has 0 bridgehead atoms. The van der Waals surface area contributed by atoms with Crippen LogP contribution < -0.4 is 4.74 Å². The molecule has 1 aliphatic rings. The number of cyclic esters (lactones) is 1. The van der Waals surface area contributed by atoms with Crippen LogP contribution in [0.2, 0.25) is 0 Å². The van der Waals surface area contributed by atoms with Gasteiger partial charge in [-0.1, -0.05) is 18.6 Å². The molecule has 2 rings (SSSR count). The number of fused-ring (bicyclic) bond motifs is 1. The van der Waals surface area contributed by atoms with Gasteiger partial charge in [0.05, 0.1) is 19.4 Å². The van der Waals surface area contributed by atoms with Gasteiger partial charge < -0.3 is 24.0 Å². The Kier molecular flexibility index (Phi) is 7.32. The molecule has 0 saturated heterocycles. The van der Waals surface area contributed by atoms with E-state index in [-0.39, 0.29) is 30.2 Å². The fraction of sp³-hybridized carbons (Fsp3) is 0.550. The molecule has 0 fully saturated rings. The van der Waals surface area contributed by atoms with Crippen molar-refractivity contribution in [2.24, 2.45) is 0 Å². The van der Waals surface area contributed by atoms with Gasteiger partial charge in [-0.15, -0.1) is 0 Å². The van der Waals surface area contributed by atoms with Gasteiger partial charge in [-0.05, 0) is 45.6 Å². The second-order valence-electron chi connectivity index (χ2n) is 7.11. The number of rotatable bonds is 9. The van der Waals surface area contributed by atoms with Crippen LogP contribution in [0.4, 0.5) is 0 Å². The summed E-state index contributed by atoms with van der Waals surface area (Å²) < 4.78 is 27.8. The highest BCUT2D eigenvalue weighted by atomic mass is 31.2. The van der Waals surface area contributed by atoms with Crippen LogP contribution in [0.5, 0.6) is 11.5 Å². The Bertz CT molecular complexity index is 829. The summed E-state index contributed by atoms with van der Waals surface area (Å²) in [6, 6.07) is 0. The van der Waals surface area contributed by atoms with Gasteiger partial charge >= 0.3 is 13.6 Å². The number of allylic oxidation sites excluding steroid dienone is 2. The molecular weight excluding hydrogens is 383 g/mol. The molecule has 0 amide bonds. The third kappa shape index (κ3) is 4.96. The first-order valence-corrected chi connectivity index (χ1v) is 11.1. The van der Waals surface area contributed by atoms with Gasteiger partial charge in [0.25, 0.3) is 0 Å². The van der Waals surface area contributed by atoms with E-state index in [9.17, 15) is 19.4 Å². The van der Waals surface area contributed by atoms with Crippen molar-refractivity contribution in [2.45, 2.75) is 59.7 Å². The monoisotopic (exact) mass is 412 g/mol. The zero-order chi connectivity index (χ0) is 21.1. The van der Waals surface area contributed by atoms with Gasteiger partial charge in [0.2, 0.25) is 0 Å². The minimum Gasteiger partial charge on any atom is -0.507 e. The number of benzene rings is 1. The minimum absolute atomic E-state index is 0.0261. The Morgan fingerprint density at radius 2 is 2.11 bits per heavy atom. The SMILES string of the molecule is CCC(C)OP(=O)(O)CCC(C)=CCc1c(O)c2c(c(C)c1OC)COC2=O. The predicted octanol–water partition coefficient (Wildman–Crippen LogP) is 4.26. The summed E-state index contributed by atoms with van der Waals surface area (Å²) in [6.07, 6.45) is 2.99. The number of aromatic hydroxyl groups is 1. The van der Waals surface area contributed by atoms with Gasteiger partial charge in [-0.2, -0.15) is 0 Å². The number of hydrogen-bond donors (Lipinski definition) is 2. The van der Waals surface area contributed by atoms with E-state index in [1.807, 2.05) is 26.8 Å². The summed E-state index contributed by atoms with van der Waals surface area (Å²) in [5, 5.41) is 10.6. The van der Waals surface area contributed by atoms with E-state index in [2.05, 4.69) is 0 Å². The van der Waals surface area contributed by atoms with E-state index >= 15 is 0 Å². The Balaban J connectivity index is 2.17. The van der Waals surface area contributed by atoms with Crippen LogP contribution in [0.15, 0.2) is 11.6 Å². The van der Waals surface area contributed by atoms with Gasteiger partial charge in [-0.25, -0.2) is 4.79 Å². The molecule has 0 radical (unpaired) electrons. The standard InChI is InChI=1S/C20H29O7P/c1-6-13(3)27-28(23,24)10-9-12(2)7-8-15-18(21)17-16(11-26-20(17)22)14(4)19(15)25-5/h7,13,21H,6,8-11H2,1-5H3,(H,23,24). The molecule has 7 nitrogen and oxygen atoms in total. The first-order valence-electron chi connectivity index (χ1n) is 9.35. The molecule has 8 heteroatoms. The van der Waals surface area contributed by atoms with E-state index in [0.717, 1.165) is 11.1 Å². The topological polar surface area (TPSA) is 102 Å². The molecule has 1 aliphatic heterocycles. The first kappa shape index (κ1) is 22.5.